The maximum atomic E-state index is 11.6. The minimum Gasteiger partial charge on any atom is -0.443 e. The van der Waals surface area contributed by atoms with Crippen LogP contribution in [-0.4, -0.2) is 48.9 Å². The zero-order valence-electron chi connectivity index (χ0n) is 15.5. The van der Waals surface area contributed by atoms with Gasteiger partial charge in [-0.1, -0.05) is 27.7 Å². The first-order valence-corrected chi connectivity index (χ1v) is 7.91. The molecule has 0 atom stereocenters. The molecule has 8 heteroatoms. The number of amides is 1. The molecule has 0 aliphatic heterocycles. The number of rotatable bonds is 6. The van der Waals surface area contributed by atoms with Gasteiger partial charge in [-0.15, -0.1) is 24.0 Å². The van der Waals surface area contributed by atoms with E-state index in [-0.39, 0.29) is 41.8 Å². The Bertz CT molecular complexity index is 535. The molecule has 1 rings (SSSR count). The Balaban J connectivity index is 0.00000529. The van der Waals surface area contributed by atoms with Crippen LogP contribution < -0.4 is 10.6 Å². The van der Waals surface area contributed by atoms with Gasteiger partial charge in [-0.3, -0.25) is 4.79 Å². The van der Waals surface area contributed by atoms with E-state index in [2.05, 4.69) is 48.3 Å². The van der Waals surface area contributed by atoms with Gasteiger partial charge in [0, 0.05) is 26.1 Å². The Morgan fingerprint density at radius 2 is 2.00 bits per heavy atom. The van der Waals surface area contributed by atoms with Crippen molar-refractivity contribution in [1.82, 2.24) is 20.5 Å². The second-order valence-corrected chi connectivity index (χ2v) is 6.60. The standard InChI is InChI=1S/C16H29N5O2.HI/c1-7-8-17-15(20-11-14(22)21(5)6)19-10-13-18-9-12(23-13)16(2,3)4;/h9H,7-8,10-11H2,1-6H3,(H2,17,19,20);1H. The van der Waals surface area contributed by atoms with E-state index in [1.54, 1.807) is 20.3 Å². The van der Waals surface area contributed by atoms with E-state index >= 15 is 0 Å². The van der Waals surface area contributed by atoms with Crippen molar-refractivity contribution in [2.75, 3.05) is 27.2 Å². The van der Waals surface area contributed by atoms with Crippen molar-refractivity contribution in [1.29, 1.82) is 0 Å². The Hall–Kier alpha value is -1.32. The largest absolute Gasteiger partial charge is 0.443 e. The summed E-state index contributed by atoms with van der Waals surface area (Å²) >= 11 is 0. The number of hydrogen-bond acceptors (Lipinski definition) is 4. The van der Waals surface area contributed by atoms with Crippen molar-refractivity contribution < 1.29 is 9.21 Å². The number of nitrogens with zero attached hydrogens (tertiary/aromatic N) is 3. The second kappa shape index (κ2) is 10.5. The van der Waals surface area contributed by atoms with Gasteiger partial charge < -0.3 is 20.0 Å². The molecule has 7 nitrogen and oxygen atoms in total. The van der Waals surface area contributed by atoms with Crippen molar-refractivity contribution in [3.8, 4) is 0 Å². The third-order valence-corrected chi connectivity index (χ3v) is 3.11. The summed E-state index contributed by atoms with van der Waals surface area (Å²) in [6.07, 6.45) is 2.72. The molecule has 24 heavy (non-hydrogen) atoms. The Kier molecular flexibility index (Phi) is 9.95. The van der Waals surface area contributed by atoms with Gasteiger partial charge in [0.25, 0.3) is 0 Å². The quantitative estimate of drug-likeness (QED) is 0.394. The molecule has 0 saturated heterocycles. The molecular formula is C16H30IN5O2. The predicted octanol–water partition coefficient (Wildman–Crippen LogP) is 2.12. The van der Waals surface area contributed by atoms with Crippen LogP contribution in [-0.2, 0) is 16.8 Å². The fourth-order valence-corrected chi connectivity index (χ4v) is 1.60. The van der Waals surface area contributed by atoms with Gasteiger partial charge >= 0.3 is 0 Å². The lowest BCUT2D eigenvalue weighted by Crippen LogP contribution is -2.38. The van der Waals surface area contributed by atoms with Gasteiger partial charge in [0.1, 0.15) is 12.3 Å². The minimum atomic E-state index is -0.0687. The molecule has 0 aliphatic carbocycles. The maximum absolute atomic E-state index is 11.6. The Labute approximate surface area is 161 Å². The van der Waals surface area contributed by atoms with Gasteiger partial charge in [0.15, 0.2) is 5.96 Å². The molecule has 0 bridgehead atoms. The fourth-order valence-electron chi connectivity index (χ4n) is 1.60. The number of likely N-dealkylation sites (N-methyl/N-ethyl adjacent to an activating group) is 1. The van der Waals surface area contributed by atoms with Crippen molar-refractivity contribution in [2.45, 2.75) is 46.1 Å². The van der Waals surface area contributed by atoms with E-state index in [4.69, 9.17) is 4.42 Å². The molecule has 0 unspecified atom stereocenters. The highest BCUT2D eigenvalue weighted by Gasteiger charge is 2.19. The number of nitrogens with one attached hydrogen (secondary N) is 2. The second-order valence-electron chi connectivity index (χ2n) is 6.60. The van der Waals surface area contributed by atoms with Gasteiger partial charge in [-0.2, -0.15) is 0 Å². The average Bonchev–Trinajstić information content (AvgIpc) is 2.95. The SMILES string of the molecule is CCCNC(=NCC(=O)N(C)C)NCc1ncc(C(C)(C)C)o1.I. The van der Waals surface area contributed by atoms with E-state index in [1.165, 1.54) is 4.90 Å². The van der Waals surface area contributed by atoms with Crippen LogP contribution in [0.25, 0.3) is 0 Å². The van der Waals surface area contributed by atoms with E-state index < -0.39 is 0 Å². The molecule has 0 fully saturated rings. The summed E-state index contributed by atoms with van der Waals surface area (Å²) in [4.78, 5) is 21.7. The van der Waals surface area contributed by atoms with Crippen LogP contribution in [0.3, 0.4) is 0 Å². The van der Waals surface area contributed by atoms with Crippen LogP contribution >= 0.6 is 24.0 Å². The summed E-state index contributed by atoms with van der Waals surface area (Å²) in [6.45, 7) is 9.60. The summed E-state index contributed by atoms with van der Waals surface area (Å²) in [6, 6.07) is 0. The van der Waals surface area contributed by atoms with Gasteiger partial charge in [-0.25, -0.2) is 9.98 Å². The van der Waals surface area contributed by atoms with Crippen molar-refractivity contribution >= 4 is 35.8 Å². The van der Waals surface area contributed by atoms with E-state index in [0.717, 1.165) is 18.7 Å². The lowest BCUT2D eigenvalue weighted by atomic mass is 9.94. The Morgan fingerprint density at radius 3 is 2.50 bits per heavy atom. The van der Waals surface area contributed by atoms with Crippen LogP contribution in [0, 0.1) is 0 Å². The molecule has 0 saturated carbocycles. The number of hydrogen-bond donors (Lipinski definition) is 2. The molecule has 1 amide bonds. The van der Waals surface area contributed by atoms with Crippen LogP contribution in [0.4, 0.5) is 0 Å². The zero-order valence-corrected chi connectivity index (χ0v) is 17.8. The summed E-state index contributed by atoms with van der Waals surface area (Å²) in [7, 11) is 3.43. The number of aliphatic imine (C=N–C) groups is 1. The van der Waals surface area contributed by atoms with Gasteiger partial charge in [0.2, 0.25) is 11.8 Å². The fraction of sp³-hybridized carbons (Fsp3) is 0.688. The smallest absolute Gasteiger partial charge is 0.243 e. The van der Waals surface area contributed by atoms with Gasteiger partial charge in [0.05, 0.1) is 12.7 Å². The van der Waals surface area contributed by atoms with E-state index in [0.29, 0.717) is 18.4 Å². The number of guanidine groups is 1. The number of carbonyl (C=O) groups is 1. The maximum Gasteiger partial charge on any atom is 0.243 e. The normalized spacial score (nSPS) is 11.7. The zero-order chi connectivity index (χ0) is 17.5. The molecule has 0 spiro atoms. The molecule has 1 aromatic heterocycles. The third-order valence-electron chi connectivity index (χ3n) is 3.11. The minimum absolute atomic E-state index is 0. The molecule has 1 aromatic rings. The molecular weight excluding hydrogens is 421 g/mol. The Morgan fingerprint density at radius 1 is 1.33 bits per heavy atom. The lowest BCUT2D eigenvalue weighted by Gasteiger charge is -2.14. The highest BCUT2D eigenvalue weighted by Crippen LogP contribution is 2.22. The summed E-state index contributed by atoms with van der Waals surface area (Å²) in [5, 5.41) is 6.31. The summed E-state index contributed by atoms with van der Waals surface area (Å²) in [5.41, 5.74) is -0.0687. The van der Waals surface area contributed by atoms with Gasteiger partial charge in [-0.05, 0) is 6.42 Å². The molecule has 2 N–H and O–H groups in total. The van der Waals surface area contributed by atoms with Crippen LogP contribution in [0.5, 0.6) is 0 Å². The monoisotopic (exact) mass is 451 g/mol. The van der Waals surface area contributed by atoms with E-state index in [1.807, 2.05) is 0 Å². The molecule has 1 heterocycles. The van der Waals surface area contributed by atoms with Crippen molar-refractivity contribution in [3.63, 3.8) is 0 Å². The van der Waals surface area contributed by atoms with Crippen molar-refractivity contribution in [3.05, 3.63) is 17.8 Å². The predicted molar refractivity (Wildman–Crippen MR) is 107 cm³/mol. The number of carbonyl (C=O) groups excluding carboxylic acids is 1. The van der Waals surface area contributed by atoms with Crippen LogP contribution in [0.1, 0.15) is 45.8 Å². The first kappa shape index (κ1) is 22.7. The first-order chi connectivity index (χ1) is 10.7. The van der Waals surface area contributed by atoms with Crippen LogP contribution in [0.2, 0.25) is 0 Å². The van der Waals surface area contributed by atoms with Crippen LogP contribution in [0.15, 0.2) is 15.6 Å². The topological polar surface area (TPSA) is 82.8 Å². The lowest BCUT2D eigenvalue weighted by molar-refractivity contribution is -0.127. The third kappa shape index (κ3) is 7.98. The number of oxazole rings is 1. The van der Waals surface area contributed by atoms with Crippen molar-refractivity contribution in [2.24, 2.45) is 4.99 Å². The summed E-state index contributed by atoms with van der Waals surface area (Å²) < 4.78 is 5.74. The average molecular weight is 451 g/mol. The first-order valence-electron chi connectivity index (χ1n) is 7.91. The molecule has 0 aliphatic rings. The molecule has 0 aromatic carbocycles. The highest BCUT2D eigenvalue weighted by molar-refractivity contribution is 14.0. The number of aromatic nitrogens is 1. The molecule has 0 radical (unpaired) electrons. The number of halogens is 1. The highest BCUT2D eigenvalue weighted by atomic mass is 127. The van der Waals surface area contributed by atoms with E-state index in [9.17, 15) is 4.79 Å². The summed E-state index contributed by atoms with van der Waals surface area (Å²) in [5.74, 6) is 1.98. The molecule has 138 valence electrons.